The van der Waals surface area contributed by atoms with Crippen molar-refractivity contribution in [3.63, 3.8) is 0 Å². The molecule has 136 valence electrons. The molecule has 0 spiro atoms. The van der Waals surface area contributed by atoms with Crippen molar-refractivity contribution in [2.75, 3.05) is 53.3 Å². The molecule has 0 heterocycles. The molecule has 1 fully saturated rings. The van der Waals surface area contributed by atoms with Crippen molar-refractivity contribution in [1.29, 1.82) is 0 Å². The molecule has 0 radical (unpaired) electrons. The molecule has 6 heteroatoms. The largest absolute Gasteiger partial charge is 0.492 e. The third-order valence-corrected chi connectivity index (χ3v) is 4.26. The quantitative estimate of drug-likeness (QED) is 0.546. The van der Waals surface area contributed by atoms with Gasteiger partial charge in [-0.15, -0.1) is 0 Å². The fraction of sp³-hybridized carbons (Fsp3) is 0.722. The minimum absolute atomic E-state index is 0.0678. The standard InChI is InChI=1S/C18H29NO5/c1-14-3-4-16(11-15-12-17(14)15)24-10-9-22-6-5-21-7-8-23-13-18(20)19-2/h3-4,11,14-15,17H,5-10,12-13H2,1-2H3,(H,19,20)/t14-,15?,17?/m0/s1. The van der Waals surface area contributed by atoms with Crippen molar-refractivity contribution in [3.05, 3.63) is 24.0 Å². The maximum absolute atomic E-state index is 10.9. The Bertz CT molecular complexity index is 449. The number of likely N-dealkylation sites (N-methyl/N-ethyl adjacent to an activating group) is 1. The fourth-order valence-corrected chi connectivity index (χ4v) is 2.68. The van der Waals surface area contributed by atoms with Crippen LogP contribution in [0.3, 0.4) is 0 Å². The summed E-state index contributed by atoms with van der Waals surface area (Å²) in [5.74, 6) is 3.01. The Kier molecular flexibility index (Phi) is 8.28. The van der Waals surface area contributed by atoms with E-state index in [1.54, 1.807) is 7.05 Å². The van der Waals surface area contributed by atoms with E-state index in [1.165, 1.54) is 6.42 Å². The highest BCUT2D eigenvalue weighted by Gasteiger charge is 2.39. The van der Waals surface area contributed by atoms with Gasteiger partial charge >= 0.3 is 0 Å². The van der Waals surface area contributed by atoms with Gasteiger partial charge in [-0.05, 0) is 36.3 Å². The minimum Gasteiger partial charge on any atom is -0.492 e. The number of carbonyl (C=O) groups excluding carboxylic acids is 1. The van der Waals surface area contributed by atoms with Crippen LogP contribution >= 0.6 is 0 Å². The first-order chi connectivity index (χ1) is 11.7. The van der Waals surface area contributed by atoms with Crippen LogP contribution in [0, 0.1) is 17.8 Å². The maximum atomic E-state index is 10.9. The van der Waals surface area contributed by atoms with E-state index in [0.29, 0.717) is 51.5 Å². The van der Waals surface area contributed by atoms with Crippen LogP contribution < -0.4 is 5.32 Å². The molecule has 2 unspecified atom stereocenters. The lowest BCUT2D eigenvalue weighted by Crippen LogP contribution is -2.24. The van der Waals surface area contributed by atoms with Crippen molar-refractivity contribution in [1.82, 2.24) is 5.32 Å². The van der Waals surface area contributed by atoms with E-state index >= 15 is 0 Å². The van der Waals surface area contributed by atoms with Gasteiger partial charge in [0.2, 0.25) is 5.91 Å². The molecular formula is C18H29NO5. The summed E-state index contributed by atoms with van der Waals surface area (Å²) in [5, 5.41) is 2.48. The molecular weight excluding hydrogens is 310 g/mol. The minimum atomic E-state index is -0.136. The molecule has 2 aliphatic rings. The van der Waals surface area contributed by atoms with Crippen LogP contribution in [0.15, 0.2) is 24.0 Å². The second-order valence-corrected chi connectivity index (χ2v) is 6.15. The summed E-state index contributed by atoms with van der Waals surface area (Å²) in [4.78, 5) is 10.9. The second kappa shape index (κ2) is 10.5. The van der Waals surface area contributed by atoms with Gasteiger partial charge in [0.1, 0.15) is 19.0 Å². The van der Waals surface area contributed by atoms with Gasteiger partial charge in [-0.1, -0.05) is 13.0 Å². The number of carbonyl (C=O) groups is 1. The first-order valence-corrected chi connectivity index (χ1v) is 8.67. The first kappa shape index (κ1) is 19.0. The highest BCUT2D eigenvalue weighted by molar-refractivity contribution is 5.76. The zero-order valence-corrected chi connectivity index (χ0v) is 14.7. The summed E-state index contributed by atoms with van der Waals surface area (Å²) in [6.07, 6.45) is 7.86. The van der Waals surface area contributed by atoms with Gasteiger partial charge in [-0.3, -0.25) is 4.79 Å². The van der Waals surface area contributed by atoms with Crippen molar-refractivity contribution in [2.45, 2.75) is 13.3 Å². The van der Waals surface area contributed by atoms with E-state index in [2.05, 4.69) is 30.5 Å². The maximum Gasteiger partial charge on any atom is 0.245 e. The summed E-state index contributed by atoms with van der Waals surface area (Å²) in [5.41, 5.74) is 0. The lowest BCUT2D eigenvalue weighted by molar-refractivity contribution is -0.125. The SMILES string of the molecule is CNC(=O)COCCOCCOCCOC1=CC2CC2[C@@H](C)C=C1. The molecule has 3 atom stereocenters. The average Bonchev–Trinajstić information content (AvgIpc) is 3.36. The highest BCUT2D eigenvalue weighted by Crippen LogP contribution is 2.47. The summed E-state index contributed by atoms with van der Waals surface area (Å²) in [6, 6.07) is 0. The van der Waals surface area contributed by atoms with Crippen LogP contribution in [0.4, 0.5) is 0 Å². The number of rotatable bonds is 12. The number of hydrogen-bond acceptors (Lipinski definition) is 5. The third kappa shape index (κ3) is 7.03. The normalized spacial score (nSPS) is 24.8. The van der Waals surface area contributed by atoms with Crippen LogP contribution in [0.2, 0.25) is 0 Å². The van der Waals surface area contributed by atoms with Crippen molar-refractivity contribution >= 4 is 5.91 Å². The van der Waals surface area contributed by atoms with E-state index in [4.69, 9.17) is 18.9 Å². The van der Waals surface area contributed by atoms with Crippen LogP contribution in [-0.4, -0.2) is 59.2 Å². The van der Waals surface area contributed by atoms with Crippen molar-refractivity contribution in [3.8, 4) is 0 Å². The molecule has 1 N–H and O–H groups in total. The predicted molar refractivity (Wildman–Crippen MR) is 90.5 cm³/mol. The lowest BCUT2D eigenvalue weighted by atomic mass is 10.1. The molecule has 1 amide bonds. The van der Waals surface area contributed by atoms with Crippen LogP contribution in [0.5, 0.6) is 0 Å². The van der Waals surface area contributed by atoms with E-state index in [0.717, 1.165) is 11.7 Å². The second-order valence-electron chi connectivity index (χ2n) is 6.15. The topological polar surface area (TPSA) is 66.0 Å². The number of hydrogen-bond donors (Lipinski definition) is 1. The molecule has 2 rings (SSSR count). The highest BCUT2D eigenvalue weighted by atomic mass is 16.6. The fourth-order valence-electron chi connectivity index (χ4n) is 2.68. The van der Waals surface area contributed by atoms with Crippen molar-refractivity contribution < 1.29 is 23.7 Å². The van der Waals surface area contributed by atoms with E-state index in [-0.39, 0.29) is 12.5 Å². The Hall–Kier alpha value is -1.37. The summed E-state index contributed by atoms with van der Waals surface area (Å²) < 4.78 is 21.7. The Morgan fingerprint density at radius 1 is 1.12 bits per heavy atom. The van der Waals surface area contributed by atoms with Gasteiger partial charge in [0.15, 0.2) is 0 Å². The molecule has 0 bridgehead atoms. The van der Waals surface area contributed by atoms with Gasteiger partial charge in [0.05, 0.1) is 33.0 Å². The zero-order chi connectivity index (χ0) is 17.2. The molecule has 24 heavy (non-hydrogen) atoms. The Labute approximate surface area is 144 Å². The lowest BCUT2D eigenvalue weighted by Gasteiger charge is -2.08. The smallest absolute Gasteiger partial charge is 0.245 e. The Balaban J connectivity index is 1.38. The predicted octanol–water partition coefficient (Wildman–Crippen LogP) is 1.52. The van der Waals surface area contributed by atoms with E-state index in [9.17, 15) is 4.79 Å². The third-order valence-electron chi connectivity index (χ3n) is 4.26. The molecule has 6 nitrogen and oxygen atoms in total. The summed E-state index contributed by atoms with van der Waals surface area (Å²) in [7, 11) is 1.58. The van der Waals surface area contributed by atoms with Crippen LogP contribution in [0.25, 0.3) is 0 Å². The molecule has 0 aromatic rings. The number of amides is 1. The number of fused-ring (bicyclic) bond motifs is 1. The monoisotopic (exact) mass is 339 g/mol. The number of nitrogens with one attached hydrogen (secondary N) is 1. The molecule has 2 aliphatic carbocycles. The molecule has 0 aromatic heterocycles. The average molecular weight is 339 g/mol. The van der Waals surface area contributed by atoms with Gasteiger partial charge in [0.25, 0.3) is 0 Å². The van der Waals surface area contributed by atoms with Crippen LogP contribution in [-0.2, 0) is 23.7 Å². The Morgan fingerprint density at radius 2 is 1.79 bits per heavy atom. The van der Waals surface area contributed by atoms with Gasteiger partial charge in [-0.25, -0.2) is 0 Å². The molecule has 0 saturated heterocycles. The molecule has 0 aromatic carbocycles. The molecule has 1 saturated carbocycles. The van der Waals surface area contributed by atoms with E-state index < -0.39 is 0 Å². The summed E-state index contributed by atoms with van der Waals surface area (Å²) >= 11 is 0. The van der Waals surface area contributed by atoms with Gasteiger partial charge < -0.3 is 24.3 Å². The Morgan fingerprint density at radius 3 is 2.50 bits per heavy atom. The van der Waals surface area contributed by atoms with Gasteiger partial charge in [0, 0.05) is 7.05 Å². The first-order valence-electron chi connectivity index (χ1n) is 8.67. The number of ether oxygens (including phenoxy) is 4. The van der Waals surface area contributed by atoms with Crippen molar-refractivity contribution in [2.24, 2.45) is 17.8 Å². The zero-order valence-electron chi connectivity index (χ0n) is 14.7. The number of allylic oxidation sites excluding steroid dienone is 3. The molecule has 0 aliphatic heterocycles. The van der Waals surface area contributed by atoms with Gasteiger partial charge in [-0.2, -0.15) is 0 Å². The van der Waals surface area contributed by atoms with Crippen LogP contribution in [0.1, 0.15) is 13.3 Å². The van der Waals surface area contributed by atoms with E-state index in [1.807, 2.05) is 0 Å². The summed E-state index contributed by atoms with van der Waals surface area (Å²) in [6.45, 7) is 5.32.